The maximum atomic E-state index is 12.4. The van der Waals surface area contributed by atoms with Gasteiger partial charge in [0, 0.05) is 29.7 Å². The summed E-state index contributed by atoms with van der Waals surface area (Å²) in [6, 6.07) is 12.8. The summed E-state index contributed by atoms with van der Waals surface area (Å²) in [4.78, 5) is 24.3. The van der Waals surface area contributed by atoms with Gasteiger partial charge in [-0.05, 0) is 30.3 Å². The van der Waals surface area contributed by atoms with E-state index in [-0.39, 0.29) is 5.91 Å². The molecule has 1 amide bonds. The molecule has 4 aromatic rings. The smallest absolute Gasteiger partial charge is 0.274 e. The molecule has 0 aliphatic heterocycles. The fraction of sp³-hybridized carbons (Fsp3) is 0. The van der Waals surface area contributed by atoms with Crippen LogP contribution in [0.15, 0.2) is 67.4 Å². The molecule has 3 aromatic heterocycles. The van der Waals surface area contributed by atoms with E-state index < -0.39 is 0 Å². The van der Waals surface area contributed by atoms with E-state index in [1.54, 1.807) is 18.5 Å². The average Bonchev–Trinajstić information content (AvgIpc) is 3.20. The summed E-state index contributed by atoms with van der Waals surface area (Å²) in [6.07, 6.45) is 6.32. The van der Waals surface area contributed by atoms with Gasteiger partial charge in [0.05, 0.1) is 5.69 Å². The lowest BCUT2D eigenvalue weighted by Crippen LogP contribution is -2.14. The van der Waals surface area contributed by atoms with Crippen molar-refractivity contribution in [1.82, 2.24) is 25.1 Å². The SMILES string of the molecule is O=C(Nc1ccccc1-c1nnc(-c2cccnc2)s1)c1ccncn1. The van der Waals surface area contributed by atoms with Crippen LogP contribution in [0.5, 0.6) is 0 Å². The second-order valence-corrected chi connectivity index (χ2v) is 6.23. The summed E-state index contributed by atoms with van der Waals surface area (Å²) in [5.74, 6) is -0.308. The summed E-state index contributed by atoms with van der Waals surface area (Å²) >= 11 is 1.44. The molecule has 4 rings (SSSR count). The van der Waals surface area contributed by atoms with Crippen LogP contribution in [0.25, 0.3) is 21.1 Å². The summed E-state index contributed by atoms with van der Waals surface area (Å²) in [5.41, 5.74) is 2.63. The monoisotopic (exact) mass is 360 g/mol. The lowest BCUT2D eigenvalue weighted by Gasteiger charge is -2.08. The van der Waals surface area contributed by atoms with E-state index in [2.05, 4.69) is 30.5 Å². The maximum Gasteiger partial charge on any atom is 0.274 e. The van der Waals surface area contributed by atoms with Gasteiger partial charge in [0.1, 0.15) is 22.0 Å². The first-order valence-corrected chi connectivity index (χ1v) is 8.53. The third kappa shape index (κ3) is 3.31. The van der Waals surface area contributed by atoms with Crippen LogP contribution in [0.2, 0.25) is 0 Å². The lowest BCUT2D eigenvalue weighted by molar-refractivity contribution is 0.102. The van der Waals surface area contributed by atoms with Gasteiger partial charge in [-0.1, -0.05) is 23.5 Å². The van der Waals surface area contributed by atoms with Gasteiger partial charge in [-0.3, -0.25) is 9.78 Å². The van der Waals surface area contributed by atoms with Gasteiger partial charge in [0.2, 0.25) is 0 Å². The number of amides is 1. The largest absolute Gasteiger partial charge is 0.320 e. The molecule has 0 radical (unpaired) electrons. The number of pyridine rings is 1. The van der Waals surface area contributed by atoms with Gasteiger partial charge < -0.3 is 5.32 Å². The van der Waals surface area contributed by atoms with E-state index in [0.29, 0.717) is 16.4 Å². The minimum atomic E-state index is -0.308. The number of nitrogens with one attached hydrogen (secondary N) is 1. The molecule has 0 aliphatic rings. The Labute approximate surface area is 152 Å². The molecule has 126 valence electrons. The fourth-order valence-corrected chi connectivity index (χ4v) is 3.20. The molecule has 0 fully saturated rings. The Morgan fingerprint density at radius 1 is 0.923 bits per heavy atom. The Morgan fingerprint density at radius 3 is 2.62 bits per heavy atom. The minimum absolute atomic E-state index is 0.295. The van der Waals surface area contributed by atoms with Gasteiger partial charge in [-0.25, -0.2) is 9.97 Å². The molecule has 0 spiro atoms. The molecular formula is C18H12N6OS. The predicted molar refractivity (Wildman–Crippen MR) is 98.6 cm³/mol. The Bertz CT molecular complexity index is 1040. The molecule has 0 bridgehead atoms. The first-order valence-electron chi connectivity index (χ1n) is 7.72. The molecule has 3 heterocycles. The molecular weight excluding hydrogens is 348 g/mol. The number of carbonyl (C=O) groups is 1. The van der Waals surface area contributed by atoms with Crippen molar-refractivity contribution in [3.05, 3.63) is 73.1 Å². The van der Waals surface area contributed by atoms with Crippen molar-refractivity contribution in [2.45, 2.75) is 0 Å². The van der Waals surface area contributed by atoms with Crippen molar-refractivity contribution in [1.29, 1.82) is 0 Å². The third-order valence-corrected chi connectivity index (χ3v) is 4.56. The molecule has 0 saturated heterocycles. The van der Waals surface area contributed by atoms with E-state index >= 15 is 0 Å². The average molecular weight is 360 g/mol. The Balaban J connectivity index is 1.64. The Kier molecular flexibility index (Phi) is 4.40. The number of hydrogen-bond acceptors (Lipinski definition) is 7. The molecule has 1 N–H and O–H groups in total. The number of nitrogens with zero attached hydrogens (tertiary/aromatic N) is 5. The Morgan fingerprint density at radius 2 is 1.81 bits per heavy atom. The molecule has 26 heavy (non-hydrogen) atoms. The van der Waals surface area contributed by atoms with Crippen LogP contribution in [-0.2, 0) is 0 Å². The molecule has 0 unspecified atom stereocenters. The first-order chi connectivity index (χ1) is 12.8. The van der Waals surface area contributed by atoms with Crippen LogP contribution < -0.4 is 5.32 Å². The summed E-state index contributed by atoms with van der Waals surface area (Å²) < 4.78 is 0. The lowest BCUT2D eigenvalue weighted by atomic mass is 10.2. The summed E-state index contributed by atoms with van der Waals surface area (Å²) in [6.45, 7) is 0. The molecule has 7 nitrogen and oxygen atoms in total. The number of hydrogen-bond donors (Lipinski definition) is 1. The number of carbonyl (C=O) groups excluding carboxylic acids is 1. The highest BCUT2D eigenvalue weighted by Gasteiger charge is 2.15. The van der Waals surface area contributed by atoms with Crippen molar-refractivity contribution < 1.29 is 4.79 Å². The second-order valence-electron chi connectivity index (χ2n) is 5.25. The summed E-state index contributed by atoms with van der Waals surface area (Å²) in [7, 11) is 0. The van der Waals surface area contributed by atoms with E-state index in [1.807, 2.05) is 36.4 Å². The zero-order valence-electron chi connectivity index (χ0n) is 13.4. The van der Waals surface area contributed by atoms with Crippen LogP contribution in [0, 0.1) is 0 Å². The van der Waals surface area contributed by atoms with Crippen molar-refractivity contribution in [2.24, 2.45) is 0 Å². The molecule has 0 saturated carbocycles. The van der Waals surface area contributed by atoms with Crippen LogP contribution >= 0.6 is 11.3 Å². The quantitative estimate of drug-likeness (QED) is 0.600. The predicted octanol–water partition coefficient (Wildman–Crippen LogP) is 3.31. The van der Waals surface area contributed by atoms with Crippen molar-refractivity contribution >= 4 is 22.9 Å². The zero-order chi connectivity index (χ0) is 17.8. The highest BCUT2D eigenvalue weighted by molar-refractivity contribution is 7.18. The van der Waals surface area contributed by atoms with Crippen molar-refractivity contribution in [3.63, 3.8) is 0 Å². The van der Waals surface area contributed by atoms with Gasteiger partial charge in [-0.2, -0.15) is 0 Å². The highest BCUT2D eigenvalue weighted by atomic mass is 32.1. The minimum Gasteiger partial charge on any atom is -0.320 e. The molecule has 1 aromatic carbocycles. The number of benzene rings is 1. The summed E-state index contributed by atoms with van der Waals surface area (Å²) in [5, 5.41) is 12.9. The van der Waals surface area contributed by atoms with E-state index in [9.17, 15) is 4.79 Å². The van der Waals surface area contributed by atoms with E-state index in [1.165, 1.54) is 23.9 Å². The topological polar surface area (TPSA) is 93.6 Å². The van der Waals surface area contributed by atoms with Crippen LogP contribution in [0.1, 0.15) is 10.5 Å². The number of anilines is 1. The highest BCUT2D eigenvalue weighted by Crippen LogP contribution is 2.33. The second kappa shape index (κ2) is 7.16. The number of aromatic nitrogens is 5. The van der Waals surface area contributed by atoms with Crippen molar-refractivity contribution in [2.75, 3.05) is 5.32 Å². The normalized spacial score (nSPS) is 10.5. The first kappa shape index (κ1) is 16.0. The fourth-order valence-electron chi connectivity index (χ4n) is 2.33. The number of para-hydroxylation sites is 1. The Hall–Kier alpha value is -3.52. The zero-order valence-corrected chi connectivity index (χ0v) is 14.2. The van der Waals surface area contributed by atoms with E-state index in [0.717, 1.165) is 16.1 Å². The third-order valence-electron chi connectivity index (χ3n) is 3.55. The molecule has 8 heteroatoms. The number of rotatable bonds is 4. The van der Waals surface area contributed by atoms with Gasteiger partial charge in [-0.15, -0.1) is 10.2 Å². The van der Waals surface area contributed by atoms with Crippen LogP contribution in [-0.4, -0.2) is 31.1 Å². The molecule has 0 aliphatic carbocycles. The standard InChI is InChI=1S/C18H12N6OS/c25-16(15-7-9-20-11-21-15)22-14-6-2-1-5-13(14)18-24-23-17(26-18)12-4-3-8-19-10-12/h1-11H,(H,22,25). The van der Waals surface area contributed by atoms with Gasteiger partial charge >= 0.3 is 0 Å². The van der Waals surface area contributed by atoms with Crippen LogP contribution in [0.4, 0.5) is 5.69 Å². The van der Waals surface area contributed by atoms with E-state index in [4.69, 9.17) is 0 Å². The van der Waals surface area contributed by atoms with Gasteiger partial charge in [0.15, 0.2) is 0 Å². The van der Waals surface area contributed by atoms with Crippen molar-refractivity contribution in [3.8, 4) is 21.1 Å². The maximum absolute atomic E-state index is 12.4. The van der Waals surface area contributed by atoms with Crippen LogP contribution in [0.3, 0.4) is 0 Å². The molecule has 0 atom stereocenters. The van der Waals surface area contributed by atoms with Gasteiger partial charge in [0.25, 0.3) is 5.91 Å².